The summed E-state index contributed by atoms with van der Waals surface area (Å²) in [6.45, 7) is 21.0. The van der Waals surface area contributed by atoms with Crippen LogP contribution in [0.3, 0.4) is 0 Å². The maximum atomic E-state index is 2.22. The van der Waals surface area contributed by atoms with E-state index in [4.69, 9.17) is 0 Å². The molecule has 0 fully saturated rings. The fourth-order valence-electron chi connectivity index (χ4n) is 1.50. The molecule has 0 aromatic heterocycles. The molecular weight excluding hydrogens is 204 g/mol. The topological polar surface area (TPSA) is 68.9 Å². The number of rotatable bonds is 6. The van der Waals surface area contributed by atoms with Gasteiger partial charge >= 0.3 is 0 Å². The molecule has 0 amide bonds. The van der Waals surface area contributed by atoms with Gasteiger partial charge in [-0.05, 0) is 41.5 Å². The van der Waals surface area contributed by atoms with Crippen molar-refractivity contribution >= 4 is 0 Å². The molecule has 0 aliphatic rings. The molecule has 0 atom stereocenters. The van der Waals surface area contributed by atoms with E-state index in [2.05, 4.69) is 41.5 Å². The van der Waals surface area contributed by atoms with E-state index in [9.17, 15) is 0 Å². The van der Waals surface area contributed by atoms with Crippen molar-refractivity contribution in [2.24, 2.45) is 0 Å². The maximum absolute atomic E-state index is 2.22. The summed E-state index contributed by atoms with van der Waals surface area (Å²) in [4.78, 5) is 3.36. The highest BCUT2D eigenvalue weighted by Crippen LogP contribution is 1.46. The van der Waals surface area contributed by atoms with Crippen molar-refractivity contribution in [1.82, 2.24) is 0 Å². The van der Waals surface area contributed by atoms with Crippen LogP contribution >= 0.6 is 0 Å². The van der Waals surface area contributed by atoms with Gasteiger partial charge in [0, 0.05) is 0 Å². The lowest BCUT2D eigenvalue weighted by atomic mass is 10.5. The van der Waals surface area contributed by atoms with Crippen LogP contribution in [-0.4, -0.2) is 50.2 Å². The number of quaternary nitrogens is 2. The van der Waals surface area contributed by atoms with E-state index in [1.807, 2.05) is 0 Å². The lowest BCUT2D eigenvalue weighted by Crippen LogP contribution is -3.11. The minimum absolute atomic E-state index is 0. The zero-order chi connectivity index (χ0) is 11.4. The van der Waals surface area contributed by atoms with Crippen LogP contribution in [0.25, 0.3) is 0 Å². The Morgan fingerprint density at radius 1 is 0.438 bits per heavy atom. The Hall–Kier alpha value is -0.160. The molecule has 0 aromatic rings. The zero-order valence-corrected chi connectivity index (χ0v) is 12.1. The summed E-state index contributed by atoms with van der Waals surface area (Å²) < 4.78 is 0. The van der Waals surface area contributed by atoms with Gasteiger partial charge in [-0.1, -0.05) is 0 Å². The lowest BCUT2D eigenvalue weighted by Gasteiger charge is -2.10. The Morgan fingerprint density at radius 2 is 0.562 bits per heavy atom. The Kier molecular flexibility index (Phi) is 31.5. The van der Waals surface area contributed by atoms with Crippen LogP contribution in [0.2, 0.25) is 0 Å². The van der Waals surface area contributed by atoms with Crippen molar-refractivity contribution in [1.29, 1.82) is 0 Å². The van der Waals surface area contributed by atoms with E-state index in [1.165, 1.54) is 39.3 Å². The number of nitrogens with one attached hydrogen (secondary N) is 2. The highest BCUT2D eigenvalue weighted by atomic mass is 16.0. The van der Waals surface area contributed by atoms with Gasteiger partial charge in [-0.15, -0.1) is 0 Å². The minimum atomic E-state index is 0. The molecule has 4 nitrogen and oxygen atoms in total. The molecule has 0 spiro atoms. The fourth-order valence-corrected chi connectivity index (χ4v) is 1.50. The second-order valence-corrected chi connectivity index (χ2v) is 3.62. The highest BCUT2D eigenvalue weighted by molar-refractivity contribution is 4.12. The van der Waals surface area contributed by atoms with Gasteiger partial charge < -0.3 is 20.8 Å². The first-order valence-corrected chi connectivity index (χ1v) is 6.36. The van der Waals surface area contributed by atoms with Crippen LogP contribution in [-0.2, 0) is 0 Å². The molecule has 0 bridgehead atoms. The predicted molar refractivity (Wildman–Crippen MR) is 69.0 cm³/mol. The molecule has 0 radical (unpaired) electrons. The van der Waals surface area contributed by atoms with E-state index in [1.54, 1.807) is 9.80 Å². The van der Waals surface area contributed by atoms with E-state index < -0.39 is 0 Å². The van der Waals surface area contributed by atoms with Gasteiger partial charge in [-0.2, -0.15) is 0 Å². The molecule has 0 heterocycles. The highest BCUT2D eigenvalue weighted by Gasteiger charge is 1.93. The minimum Gasteiger partial charge on any atom is -0.870 e. The first-order valence-electron chi connectivity index (χ1n) is 6.36. The van der Waals surface area contributed by atoms with Crippen molar-refractivity contribution in [3.05, 3.63) is 0 Å². The fraction of sp³-hybridized carbons (Fsp3) is 1.00. The van der Waals surface area contributed by atoms with Crippen molar-refractivity contribution in [2.45, 2.75) is 41.5 Å². The normalized spacial score (nSPS) is 9.00. The Bertz CT molecular complexity index is 72.0. The van der Waals surface area contributed by atoms with Crippen LogP contribution < -0.4 is 9.80 Å². The molecule has 4 heteroatoms. The third-order valence-corrected chi connectivity index (χ3v) is 3.00. The molecule has 0 aliphatic heterocycles. The lowest BCUT2D eigenvalue weighted by molar-refractivity contribution is -0.894. The van der Waals surface area contributed by atoms with Crippen LogP contribution in [0.1, 0.15) is 41.5 Å². The van der Waals surface area contributed by atoms with Crippen molar-refractivity contribution in [2.75, 3.05) is 39.3 Å². The molecular formula is C12H34N2O2. The Balaban J connectivity index is -0.0000000800. The van der Waals surface area contributed by atoms with Gasteiger partial charge in [-0.3, -0.25) is 0 Å². The SMILES string of the molecule is CC[NH+](CC)CC.CC[NH+](CC)CC.[OH-].[OH-]. The van der Waals surface area contributed by atoms with Crippen molar-refractivity contribution in [3.8, 4) is 0 Å². The summed E-state index contributed by atoms with van der Waals surface area (Å²) in [7, 11) is 0. The molecule has 16 heavy (non-hydrogen) atoms. The third-order valence-electron chi connectivity index (χ3n) is 3.00. The quantitative estimate of drug-likeness (QED) is 0.655. The second kappa shape index (κ2) is 20.3. The van der Waals surface area contributed by atoms with E-state index in [0.29, 0.717) is 0 Å². The molecule has 104 valence electrons. The molecule has 0 aromatic carbocycles. The summed E-state index contributed by atoms with van der Waals surface area (Å²) in [5, 5.41) is 0. The smallest absolute Gasteiger partial charge is 0.0742 e. The van der Waals surface area contributed by atoms with Crippen LogP contribution in [0, 0.1) is 0 Å². The standard InChI is InChI=1S/2C6H15N.2H2O/c2*1-4-7(5-2)6-3;;/h2*4-6H2,1-3H3;2*1H2. The molecule has 0 aliphatic carbocycles. The maximum Gasteiger partial charge on any atom is 0.0742 e. The Labute approximate surface area is 102 Å². The largest absolute Gasteiger partial charge is 0.870 e. The molecule has 0 saturated carbocycles. The van der Waals surface area contributed by atoms with Gasteiger partial charge in [0.15, 0.2) is 0 Å². The first-order chi connectivity index (χ1) is 6.69. The molecule has 4 N–H and O–H groups in total. The van der Waals surface area contributed by atoms with Crippen molar-refractivity contribution < 1.29 is 20.8 Å². The van der Waals surface area contributed by atoms with Crippen LogP contribution in [0.5, 0.6) is 0 Å². The van der Waals surface area contributed by atoms with E-state index in [0.717, 1.165) is 0 Å². The average Bonchev–Trinajstić information content (AvgIpc) is 2.24. The third kappa shape index (κ3) is 16.3. The summed E-state index contributed by atoms with van der Waals surface area (Å²) in [6.07, 6.45) is 0. The van der Waals surface area contributed by atoms with Gasteiger partial charge in [0.25, 0.3) is 0 Å². The Morgan fingerprint density at radius 3 is 0.562 bits per heavy atom. The van der Waals surface area contributed by atoms with Crippen LogP contribution in [0.15, 0.2) is 0 Å². The monoisotopic (exact) mass is 238 g/mol. The zero-order valence-electron chi connectivity index (χ0n) is 12.1. The molecule has 0 saturated heterocycles. The van der Waals surface area contributed by atoms with Gasteiger partial charge in [0.2, 0.25) is 0 Å². The van der Waals surface area contributed by atoms with Gasteiger partial charge in [-0.25, -0.2) is 0 Å². The average molecular weight is 238 g/mol. The number of hydrogen-bond acceptors (Lipinski definition) is 2. The molecule has 0 rings (SSSR count). The summed E-state index contributed by atoms with van der Waals surface area (Å²) >= 11 is 0. The predicted octanol–water partition coefficient (Wildman–Crippen LogP) is -0.492. The van der Waals surface area contributed by atoms with E-state index >= 15 is 0 Å². The number of hydrogen-bond donors (Lipinski definition) is 2. The van der Waals surface area contributed by atoms with E-state index in [-0.39, 0.29) is 11.0 Å². The summed E-state index contributed by atoms with van der Waals surface area (Å²) in [6, 6.07) is 0. The summed E-state index contributed by atoms with van der Waals surface area (Å²) in [5.41, 5.74) is 0. The second-order valence-electron chi connectivity index (χ2n) is 3.62. The van der Waals surface area contributed by atoms with Crippen LogP contribution in [0.4, 0.5) is 0 Å². The summed E-state index contributed by atoms with van der Waals surface area (Å²) in [5.74, 6) is 0. The van der Waals surface area contributed by atoms with Crippen molar-refractivity contribution in [3.63, 3.8) is 0 Å². The van der Waals surface area contributed by atoms with Gasteiger partial charge in [0.1, 0.15) is 0 Å². The molecule has 0 unspecified atom stereocenters. The van der Waals surface area contributed by atoms with Gasteiger partial charge in [0.05, 0.1) is 39.3 Å². The first kappa shape index (κ1) is 24.9.